The molecule has 3 aromatic carbocycles. The molecule has 0 aliphatic heterocycles. The molecule has 164 valence electrons. The highest BCUT2D eigenvalue weighted by Crippen LogP contribution is 2.30. The third-order valence-electron chi connectivity index (χ3n) is 6.11. The lowest BCUT2D eigenvalue weighted by Crippen LogP contribution is -2.30. The zero-order chi connectivity index (χ0) is 22.6. The van der Waals surface area contributed by atoms with E-state index in [4.69, 9.17) is 0 Å². The normalized spacial score (nSPS) is 14.9. The molecule has 33 heavy (non-hydrogen) atoms. The molecular formula is C28H26N4O. The number of carbonyl (C=O) groups excluding carboxylic acids is 1. The molecule has 1 amide bonds. The first kappa shape index (κ1) is 20.9. The Bertz CT molecular complexity index is 1270. The van der Waals surface area contributed by atoms with E-state index in [1.807, 2.05) is 36.4 Å². The highest BCUT2D eigenvalue weighted by Gasteiger charge is 2.21. The number of aryl methyl sites for hydroxylation is 2. The molecule has 5 rings (SSSR count). The number of nitrogens with zero attached hydrogens (tertiary/aromatic N) is 2. The van der Waals surface area contributed by atoms with Gasteiger partial charge in [0.1, 0.15) is 12.1 Å². The number of nitrogens with one attached hydrogen (secondary N) is 2. The van der Waals surface area contributed by atoms with Crippen molar-refractivity contribution in [1.82, 2.24) is 15.3 Å². The van der Waals surface area contributed by atoms with Gasteiger partial charge in [-0.2, -0.15) is 0 Å². The van der Waals surface area contributed by atoms with E-state index in [0.717, 1.165) is 36.2 Å². The largest absolute Gasteiger partial charge is 0.345 e. The molecule has 0 fully saturated rings. The number of hydrogen-bond acceptors (Lipinski definition) is 4. The summed E-state index contributed by atoms with van der Waals surface area (Å²) in [6.45, 7) is 2.06. The molecule has 1 aromatic heterocycles. The number of benzene rings is 3. The maximum absolute atomic E-state index is 12.9. The van der Waals surface area contributed by atoms with Crippen molar-refractivity contribution in [1.29, 1.82) is 0 Å². The molecule has 0 saturated carbocycles. The van der Waals surface area contributed by atoms with Crippen LogP contribution in [0.1, 0.15) is 45.9 Å². The van der Waals surface area contributed by atoms with Gasteiger partial charge in [-0.1, -0.05) is 54.1 Å². The molecule has 0 spiro atoms. The third-order valence-corrected chi connectivity index (χ3v) is 6.11. The van der Waals surface area contributed by atoms with Crippen molar-refractivity contribution in [3.05, 3.63) is 107 Å². The van der Waals surface area contributed by atoms with E-state index in [2.05, 4.69) is 70.0 Å². The average Bonchev–Trinajstić information content (AvgIpc) is 2.85. The summed E-state index contributed by atoms with van der Waals surface area (Å²) in [6.07, 6.45) is 4.70. The lowest BCUT2D eigenvalue weighted by molar-refractivity contribution is 0.0933. The van der Waals surface area contributed by atoms with Gasteiger partial charge in [0.25, 0.3) is 5.91 Å². The van der Waals surface area contributed by atoms with Crippen molar-refractivity contribution in [2.45, 2.75) is 32.2 Å². The van der Waals surface area contributed by atoms with Crippen LogP contribution in [-0.2, 0) is 6.42 Å². The van der Waals surface area contributed by atoms with Gasteiger partial charge >= 0.3 is 0 Å². The van der Waals surface area contributed by atoms with Gasteiger partial charge in [0.2, 0.25) is 0 Å². The maximum Gasteiger partial charge on any atom is 0.251 e. The fourth-order valence-electron chi connectivity index (χ4n) is 4.31. The maximum atomic E-state index is 12.9. The summed E-state index contributed by atoms with van der Waals surface area (Å²) in [5.41, 5.74) is 7.20. The molecule has 4 aromatic rings. The van der Waals surface area contributed by atoms with Crippen LogP contribution in [0, 0.1) is 6.92 Å². The van der Waals surface area contributed by atoms with Gasteiger partial charge in [-0.05, 0) is 61.6 Å². The first-order valence-corrected chi connectivity index (χ1v) is 11.3. The van der Waals surface area contributed by atoms with Crippen LogP contribution in [0.15, 0.2) is 85.2 Å². The topological polar surface area (TPSA) is 66.9 Å². The Morgan fingerprint density at radius 1 is 0.939 bits per heavy atom. The van der Waals surface area contributed by atoms with Gasteiger partial charge in [0.05, 0.1) is 11.7 Å². The van der Waals surface area contributed by atoms with Crippen LogP contribution >= 0.6 is 0 Å². The van der Waals surface area contributed by atoms with Crippen LogP contribution in [0.4, 0.5) is 11.5 Å². The highest BCUT2D eigenvalue weighted by atomic mass is 16.1. The standard InChI is InChI=1S/C28H26N4O/c1-19-9-11-21(12-10-19)26-17-27(30-18-29-26)31-23-15-13-22(14-16-23)28(33)32-25-8-4-6-20-5-2-3-7-24(20)25/h2-3,5,7,9-18,25H,4,6,8H2,1H3,(H,32,33)(H,29,30,31). The number of carbonyl (C=O) groups is 1. The SMILES string of the molecule is Cc1ccc(-c2cc(Nc3ccc(C(=O)NC4CCCc5ccccc54)cc3)ncn2)cc1. The van der Waals surface area contributed by atoms with Gasteiger partial charge in [-0.15, -0.1) is 0 Å². The van der Waals surface area contributed by atoms with Crippen molar-refractivity contribution in [2.24, 2.45) is 0 Å². The highest BCUT2D eigenvalue weighted by molar-refractivity contribution is 5.95. The van der Waals surface area contributed by atoms with E-state index in [1.54, 1.807) is 6.33 Å². The molecule has 0 saturated heterocycles. The number of anilines is 2. The minimum Gasteiger partial charge on any atom is -0.345 e. The van der Waals surface area contributed by atoms with Crippen molar-refractivity contribution in [3.63, 3.8) is 0 Å². The van der Waals surface area contributed by atoms with Crippen molar-refractivity contribution >= 4 is 17.4 Å². The Morgan fingerprint density at radius 2 is 1.73 bits per heavy atom. The minimum atomic E-state index is -0.0491. The van der Waals surface area contributed by atoms with Crippen LogP contribution in [0.3, 0.4) is 0 Å². The Kier molecular flexibility index (Phi) is 5.85. The van der Waals surface area contributed by atoms with Crippen molar-refractivity contribution < 1.29 is 4.79 Å². The van der Waals surface area contributed by atoms with Crippen LogP contribution in [0.2, 0.25) is 0 Å². The van der Waals surface area contributed by atoms with Crippen LogP contribution in [-0.4, -0.2) is 15.9 Å². The lowest BCUT2D eigenvalue weighted by Gasteiger charge is -2.26. The molecule has 1 atom stereocenters. The predicted molar refractivity (Wildman–Crippen MR) is 132 cm³/mol. The minimum absolute atomic E-state index is 0.0491. The third kappa shape index (κ3) is 4.77. The monoisotopic (exact) mass is 434 g/mol. The van der Waals surface area contributed by atoms with Gasteiger partial charge in [-0.3, -0.25) is 4.79 Å². The predicted octanol–water partition coefficient (Wildman–Crippen LogP) is 6.00. The summed E-state index contributed by atoms with van der Waals surface area (Å²) < 4.78 is 0. The summed E-state index contributed by atoms with van der Waals surface area (Å²) in [4.78, 5) is 21.6. The molecule has 1 unspecified atom stereocenters. The summed E-state index contributed by atoms with van der Waals surface area (Å²) >= 11 is 0. The number of hydrogen-bond donors (Lipinski definition) is 2. The van der Waals surface area contributed by atoms with Crippen molar-refractivity contribution in [3.8, 4) is 11.3 Å². The second kappa shape index (κ2) is 9.25. The zero-order valence-electron chi connectivity index (χ0n) is 18.6. The number of rotatable bonds is 5. The van der Waals surface area contributed by atoms with Crippen molar-refractivity contribution in [2.75, 3.05) is 5.32 Å². The van der Waals surface area contributed by atoms with Crippen LogP contribution in [0.5, 0.6) is 0 Å². The summed E-state index contributed by atoms with van der Waals surface area (Å²) in [6, 6.07) is 26.1. The molecule has 1 heterocycles. The van der Waals surface area contributed by atoms with E-state index < -0.39 is 0 Å². The summed E-state index contributed by atoms with van der Waals surface area (Å²) in [5, 5.41) is 6.51. The number of amides is 1. The molecule has 1 aliphatic rings. The Balaban J connectivity index is 1.26. The lowest BCUT2D eigenvalue weighted by atomic mass is 9.87. The van der Waals surface area contributed by atoms with Crippen LogP contribution in [0.25, 0.3) is 11.3 Å². The molecule has 2 N–H and O–H groups in total. The average molecular weight is 435 g/mol. The van der Waals surface area contributed by atoms with Gasteiger partial charge in [0, 0.05) is 22.9 Å². The summed E-state index contributed by atoms with van der Waals surface area (Å²) in [5.74, 6) is 0.656. The van der Waals surface area contributed by atoms with Gasteiger partial charge < -0.3 is 10.6 Å². The Labute approximate surface area is 193 Å². The van der Waals surface area contributed by atoms with E-state index in [0.29, 0.717) is 11.4 Å². The molecule has 1 aliphatic carbocycles. The Morgan fingerprint density at radius 3 is 2.55 bits per heavy atom. The smallest absolute Gasteiger partial charge is 0.251 e. The molecule has 5 heteroatoms. The van der Waals surface area contributed by atoms with Gasteiger partial charge in [-0.25, -0.2) is 9.97 Å². The number of fused-ring (bicyclic) bond motifs is 1. The molecule has 0 radical (unpaired) electrons. The molecule has 5 nitrogen and oxygen atoms in total. The van der Waals surface area contributed by atoms with E-state index in [9.17, 15) is 4.79 Å². The quantitative estimate of drug-likeness (QED) is 0.404. The van der Waals surface area contributed by atoms with E-state index in [1.165, 1.54) is 16.7 Å². The fourth-order valence-corrected chi connectivity index (χ4v) is 4.31. The first-order valence-electron chi connectivity index (χ1n) is 11.3. The van der Waals surface area contributed by atoms with E-state index >= 15 is 0 Å². The van der Waals surface area contributed by atoms with E-state index in [-0.39, 0.29) is 11.9 Å². The first-order chi connectivity index (χ1) is 16.2. The second-order valence-corrected chi connectivity index (χ2v) is 8.47. The Hall–Kier alpha value is -3.99. The molecule has 0 bridgehead atoms. The molecular weight excluding hydrogens is 408 g/mol. The second-order valence-electron chi connectivity index (χ2n) is 8.47. The van der Waals surface area contributed by atoms with Gasteiger partial charge in [0.15, 0.2) is 0 Å². The summed E-state index contributed by atoms with van der Waals surface area (Å²) in [7, 11) is 0. The van der Waals surface area contributed by atoms with Crippen LogP contribution < -0.4 is 10.6 Å². The number of aromatic nitrogens is 2. The zero-order valence-corrected chi connectivity index (χ0v) is 18.6. The fraction of sp³-hybridized carbons (Fsp3) is 0.179.